The van der Waals surface area contributed by atoms with Gasteiger partial charge in [-0.3, -0.25) is 10.1 Å². The first-order chi connectivity index (χ1) is 11.2. The van der Waals surface area contributed by atoms with Crippen LogP contribution in [-0.4, -0.2) is 34.7 Å². The lowest BCUT2D eigenvalue weighted by atomic mass is 9.92. The van der Waals surface area contributed by atoms with Gasteiger partial charge in [-0.15, -0.1) is 0 Å². The molecule has 23 heavy (non-hydrogen) atoms. The van der Waals surface area contributed by atoms with Crippen LogP contribution in [0.15, 0.2) is 24.3 Å². The van der Waals surface area contributed by atoms with Crippen molar-refractivity contribution in [2.24, 2.45) is 11.7 Å². The predicted octanol–water partition coefficient (Wildman–Crippen LogP) is 2.14. The van der Waals surface area contributed by atoms with Crippen LogP contribution in [0.5, 0.6) is 0 Å². The van der Waals surface area contributed by atoms with E-state index >= 15 is 0 Å². The zero-order valence-corrected chi connectivity index (χ0v) is 13.5. The van der Waals surface area contributed by atoms with Gasteiger partial charge in [-0.1, -0.05) is 19.1 Å². The van der Waals surface area contributed by atoms with Crippen LogP contribution in [0.25, 0.3) is 11.0 Å². The zero-order chi connectivity index (χ0) is 16.2. The molecule has 6 nitrogen and oxygen atoms in total. The molecule has 3 N–H and O–H groups in total. The summed E-state index contributed by atoms with van der Waals surface area (Å²) in [6.07, 6.45) is 2.63. The maximum Gasteiger partial charge on any atom is 0.243 e. The Morgan fingerprint density at radius 2 is 2.17 bits per heavy atom. The van der Waals surface area contributed by atoms with Gasteiger partial charge < -0.3 is 15.0 Å². The normalized spacial score (nSPS) is 17.3. The molecule has 1 saturated heterocycles. The number of aryl methyl sites for hydroxylation is 1. The number of carbonyl (C=O) groups is 1. The summed E-state index contributed by atoms with van der Waals surface area (Å²) >= 11 is 0. The average Bonchev–Trinajstić information content (AvgIpc) is 2.93. The van der Waals surface area contributed by atoms with E-state index in [-0.39, 0.29) is 11.8 Å². The van der Waals surface area contributed by atoms with E-state index in [9.17, 15) is 4.79 Å². The van der Waals surface area contributed by atoms with Gasteiger partial charge >= 0.3 is 0 Å². The summed E-state index contributed by atoms with van der Waals surface area (Å²) in [4.78, 5) is 17.1. The molecule has 3 rings (SSSR count). The molecule has 0 spiro atoms. The fourth-order valence-corrected chi connectivity index (χ4v) is 3.10. The standard InChI is InChI=1S/C17H24N4O2/c1-2-9-21-14-6-4-3-5-13(14)19-17(21)20-16(22)15(18)12-7-10-23-11-8-12/h3-6,12,15H,2,7-11,18H2,1H3,(H,19,20,22). The number of nitrogens with zero attached hydrogens (tertiary/aromatic N) is 2. The topological polar surface area (TPSA) is 82.2 Å². The summed E-state index contributed by atoms with van der Waals surface area (Å²) in [5.41, 5.74) is 8.07. The summed E-state index contributed by atoms with van der Waals surface area (Å²) in [5, 5.41) is 2.93. The Morgan fingerprint density at radius 3 is 2.91 bits per heavy atom. The number of ether oxygens (including phenoxy) is 1. The molecular formula is C17H24N4O2. The molecule has 1 aromatic carbocycles. The second-order valence-electron chi connectivity index (χ2n) is 6.04. The minimum Gasteiger partial charge on any atom is -0.381 e. The summed E-state index contributed by atoms with van der Waals surface area (Å²) in [5.74, 6) is 0.595. The van der Waals surface area contributed by atoms with Crippen molar-refractivity contribution >= 4 is 22.9 Å². The lowest BCUT2D eigenvalue weighted by Crippen LogP contribution is -2.44. The van der Waals surface area contributed by atoms with Gasteiger partial charge in [0.15, 0.2) is 0 Å². The second-order valence-corrected chi connectivity index (χ2v) is 6.04. The van der Waals surface area contributed by atoms with Crippen LogP contribution in [0.4, 0.5) is 5.95 Å². The molecule has 0 bridgehead atoms. The predicted molar refractivity (Wildman–Crippen MR) is 90.2 cm³/mol. The number of carbonyl (C=O) groups excluding carboxylic acids is 1. The minimum absolute atomic E-state index is 0.162. The van der Waals surface area contributed by atoms with Gasteiger partial charge in [0.2, 0.25) is 11.9 Å². The van der Waals surface area contributed by atoms with Crippen molar-refractivity contribution in [3.05, 3.63) is 24.3 Å². The lowest BCUT2D eigenvalue weighted by Gasteiger charge is -2.26. The average molecular weight is 316 g/mol. The number of aromatic nitrogens is 2. The zero-order valence-electron chi connectivity index (χ0n) is 13.5. The molecule has 0 saturated carbocycles. The molecule has 1 aliphatic heterocycles. The van der Waals surface area contributed by atoms with E-state index in [2.05, 4.69) is 17.2 Å². The van der Waals surface area contributed by atoms with E-state index in [1.807, 2.05) is 28.8 Å². The number of amides is 1. The Bertz CT molecular complexity index is 676. The number of fused-ring (bicyclic) bond motifs is 1. The van der Waals surface area contributed by atoms with Gasteiger partial charge in [-0.2, -0.15) is 0 Å². The van der Waals surface area contributed by atoms with Gasteiger partial charge in [0.25, 0.3) is 0 Å². The maximum absolute atomic E-state index is 12.5. The Kier molecular flexibility index (Phi) is 4.93. The van der Waals surface area contributed by atoms with E-state index in [1.54, 1.807) is 0 Å². The van der Waals surface area contributed by atoms with Crippen molar-refractivity contribution in [3.63, 3.8) is 0 Å². The van der Waals surface area contributed by atoms with Crippen LogP contribution in [0.2, 0.25) is 0 Å². The van der Waals surface area contributed by atoms with Gasteiger partial charge in [0, 0.05) is 19.8 Å². The number of hydrogen-bond donors (Lipinski definition) is 2. The largest absolute Gasteiger partial charge is 0.381 e. The smallest absolute Gasteiger partial charge is 0.243 e. The van der Waals surface area contributed by atoms with Crippen LogP contribution < -0.4 is 11.1 Å². The summed E-state index contributed by atoms with van der Waals surface area (Å²) < 4.78 is 7.38. The third kappa shape index (κ3) is 3.38. The number of benzene rings is 1. The monoisotopic (exact) mass is 316 g/mol. The molecule has 1 aliphatic rings. The highest BCUT2D eigenvalue weighted by Crippen LogP contribution is 2.22. The van der Waals surface area contributed by atoms with Crippen LogP contribution in [-0.2, 0) is 16.1 Å². The van der Waals surface area contributed by atoms with Crippen LogP contribution in [0.3, 0.4) is 0 Å². The molecule has 1 atom stereocenters. The molecular weight excluding hydrogens is 292 g/mol. The Hall–Kier alpha value is -1.92. The van der Waals surface area contributed by atoms with Crippen molar-refractivity contribution in [1.29, 1.82) is 0 Å². The molecule has 1 fully saturated rings. The van der Waals surface area contributed by atoms with E-state index < -0.39 is 6.04 Å². The molecule has 1 unspecified atom stereocenters. The van der Waals surface area contributed by atoms with Crippen molar-refractivity contribution in [3.8, 4) is 0 Å². The minimum atomic E-state index is -0.520. The van der Waals surface area contributed by atoms with E-state index in [0.717, 1.165) is 36.8 Å². The first kappa shape index (κ1) is 16.0. The second kappa shape index (κ2) is 7.10. The lowest BCUT2D eigenvalue weighted by molar-refractivity contribution is -0.119. The molecule has 124 valence electrons. The number of nitrogens with one attached hydrogen (secondary N) is 1. The van der Waals surface area contributed by atoms with Gasteiger partial charge in [-0.25, -0.2) is 4.98 Å². The SMILES string of the molecule is CCCn1c(NC(=O)C(N)C2CCOCC2)nc2ccccc21. The molecule has 0 aliphatic carbocycles. The van der Waals surface area contributed by atoms with Gasteiger partial charge in [-0.05, 0) is 37.3 Å². The summed E-state index contributed by atoms with van der Waals surface area (Å²) in [7, 11) is 0. The van der Waals surface area contributed by atoms with Gasteiger partial charge in [0.05, 0.1) is 17.1 Å². The molecule has 1 amide bonds. The van der Waals surface area contributed by atoms with Crippen molar-refractivity contribution in [2.75, 3.05) is 18.5 Å². The number of para-hydroxylation sites is 2. The fraction of sp³-hybridized carbons (Fsp3) is 0.529. The molecule has 2 heterocycles. The van der Waals surface area contributed by atoms with E-state index in [0.29, 0.717) is 19.2 Å². The van der Waals surface area contributed by atoms with Crippen molar-refractivity contribution < 1.29 is 9.53 Å². The molecule has 2 aromatic rings. The summed E-state index contributed by atoms with van der Waals surface area (Å²) in [6.45, 7) is 4.27. The third-order valence-electron chi connectivity index (χ3n) is 4.41. The first-order valence-corrected chi connectivity index (χ1v) is 8.30. The molecule has 1 aromatic heterocycles. The Balaban J connectivity index is 1.79. The number of anilines is 1. The maximum atomic E-state index is 12.5. The Labute approximate surface area is 136 Å². The highest BCUT2D eigenvalue weighted by atomic mass is 16.5. The van der Waals surface area contributed by atoms with Crippen LogP contribution >= 0.6 is 0 Å². The van der Waals surface area contributed by atoms with E-state index in [4.69, 9.17) is 10.5 Å². The highest BCUT2D eigenvalue weighted by Gasteiger charge is 2.27. The first-order valence-electron chi connectivity index (χ1n) is 8.30. The third-order valence-corrected chi connectivity index (χ3v) is 4.41. The van der Waals surface area contributed by atoms with Crippen LogP contribution in [0, 0.1) is 5.92 Å². The quantitative estimate of drug-likeness (QED) is 0.885. The highest BCUT2D eigenvalue weighted by molar-refractivity contribution is 5.95. The number of hydrogen-bond acceptors (Lipinski definition) is 4. The van der Waals surface area contributed by atoms with E-state index in [1.165, 1.54) is 0 Å². The van der Waals surface area contributed by atoms with Gasteiger partial charge in [0.1, 0.15) is 0 Å². The number of nitrogens with two attached hydrogens (primary N) is 1. The molecule has 6 heteroatoms. The van der Waals surface area contributed by atoms with Crippen molar-refractivity contribution in [2.45, 2.75) is 38.8 Å². The summed E-state index contributed by atoms with van der Waals surface area (Å²) in [6, 6.07) is 7.39. The number of imidazole rings is 1. The fourth-order valence-electron chi connectivity index (χ4n) is 3.10. The Morgan fingerprint density at radius 1 is 1.43 bits per heavy atom. The van der Waals surface area contributed by atoms with Crippen LogP contribution in [0.1, 0.15) is 26.2 Å². The number of rotatable bonds is 5. The van der Waals surface area contributed by atoms with Crippen molar-refractivity contribution in [1.82, 2.24) is 9.55 Å². The molecule has 0 radical (unpaired) electrons.